The molecule has 0 aliphatic rings. The zero-order valence-corrected chi connectivity index (χ0v) is 7.03. The fraction of sp³-hybridized carbons (Fsp3) is 0.300. The van der Waals surface area contributed by atoms with Gasteiger partial charge in [0.05, 0.1) is 0 Å². The molecule has 0 heterocycles. The van der Waals surface area contributed by atoms with Gasteiger partial charge >= 0.3 is 0 Å². The van der Waals surface area contributed by atoms with E-state index >= 15 is 0 Å². The fourth-order valence-corrected chi connectivity index (χ4v) is 0.385. The van der Waals surface area contributed by atoms with Crippen LogP contribution in [0, 0.1) is 5.92 Å². The van der Waals surface area contributed by atoms with E-state index in [2.05, 4.69) is 0 Å². The third-order valence-electron chi connectivity index (χ3n) is 0.939. The summed E-state index contributed by atoms with van der Waals surface area (Å²) < 4.78 is 0. The molecule has 0 fully saturated rings. The van der Waals surface area contributed by atoms with Crippen LogP contribution in [-0.2, 0) is 4.79 Å². The highest BCUT2D eigenvalue weighted by molar-refractivity contribution is 5.51. The topological polar surface area (TPSA) is 17.1 Å². The molecule has 1 aromatic carbocycles. The number of aldehydes is 1. The van der Waals surface area contributed by atoms with Gasteiger partial charge in [-0.1, -0.05) is 50.2 Å². The van der Waals surface area contributed by atoms with Crippen molar-refractivity contribution in [1.29, 1.82) is 0 Å². The number of rotatable bonds is 1. The Morgan fingerprint density at radius 1 is 0.909 bits per heavy atom. The molecule has 0 bridgehead atoms. The summed E-state index contributed by atoms with van der Waals surface area (Å²) in [4.78, 5) is 9.50. The Bertz CT molecular complexity index is 141. The summed E-state index contributed by atoms with van der Waals surface area (Å²) in [7, 11) is 0. The van der Waals surface area contributed by atoms with Crippen molar-refractivity contribution in [3.05, 3.63) is 36.4 Å². The second-order valence-electron chi connectivity index (χ2n) is 2.53. The van der Waals surface area contributed by atoms with Crippen molar-refractivity contribution in [2.45, 2.75) is 13.8 Å². The zero-order valence-electron chi connectivity index (χ0n) is 7.03. The van der Waals surface area contributed by atoms with Crippen LogP contribution in [0.15, 0.2) is 36.4 Å². The minimum absolute atomic E-state index is 0.204. The Morgan fingerprint density at radius 2 is 1.09 bits per heavy atom. The number of hydrogen-bond acceptors (Lipinski definition) is 1. The summed E-state index contributed by atoms with van der Waals surface area (Å²) in [5.41, 5.74) is 0. The molecule has 11 heavy (non-hydrogen) atoms. The Kier molecular flexibility index (Phi) is 6.30. The summed E-state index contributed by atoms with van der Waals surface area (Å²) in [6, 6.07) is 12.0. The normalized spacial score (nSPS) is 8.27. The minimum atomic E-state index is 0.204. The minimum Gasteiger partial charge on any atom is -0.303 e. The molecule has 0 amide bonds. The molecule has 1 nitrogen and oxygen atoms in total. The van der Waals surface area contributed by atoms with Crippen molar-refractivity contribution in [2.75, 3.05) is 0 Å². The van der Waals surface area contributed by atoms with Gasteiger partial charge in [-0.25, -0.2) is 0 Å². The van der Waals surface area contributed by atoms with Crippen molar-refractivity contribution >= 4 is 6.29 Å². The van der Waals surface area contributed by atoms with Crippen LogP contribution in [-0.4, -0.2) is 6.29 Å². The number of hydrogen-bond donors (Lipinski definition) is 0. The van der Waals surface area contributed by atoms with Gasteiger partial charge in [-0.2, -0.15) is 0 Å². The standard InChI is InChI=1S/C6H6.C4H8O/c1-2-4-6-5-3-1;1-4(2)3-5/h1-6H;3-4H,1-2H3. The van der Waals surface area contributed by atoms with Gasteiger partial charge in [-0.3, -0.25) is 0 Å². The third-order valence-corrected chi connectivity index (χ3v) is 0.939. The molecule has 60 valence electrons. The van der Waals surface area contributed by atoms with Gasteiger partial charge in [0.2, 0.25) is 0 Å². The van der Waals surface area contributed by atoms with Crippen LogP contribution in [0.4, 0.5) is 0 Å². The molecule has 1 aromatic rings. The van der Waals surface area contributed by atoms with Crippen molar-refractivity contribution < 1.29 is 4.79 Å². The highest BCUT2D eigenvalue weighted by atomic mass is 16.1. The van der Waals surface area contributed by atoms with E-state index in [-0.39, 0.29) is 5.92 Å². The maximum atomic E-state index is 9.50. The van der Waals surface area contributed by atoms with Gasteiger partial charge in [0, 0.05) is 5.92 Å². The first-order valence-corrected chi connectivity index (χ1v) is 3.72. The van der Waals surface area contributed by atoms with E-state index in [0.29, 0.717) is 0 Å². The van der Waals surface area contributed by atoms with E-state index in [4.69, 9.17) is 0 Å². The van der Waals surface area contributed by atoms with Crippen LogP contribution in [0.1, 0.15) is 13.8 Å². The van der Waals surface area contributed by atoms with Crippen LogP contribution in [0.5, 0.6) is 0 Å². The lowest BCUT2D eigenvalue weighted by atomic mass is 10.3. The third kappa shape index (κ3) is 8.89. The number of carbonyl (C=O) groups is 1. The molecule has 0 spiro atoms. The van der Waals surface area contributed by atoms with Gasteiger partial charge in [0.25, 0.3) is 0 Å². The fourth-order valence-electron chi connectivity index (χ4n) is 0.385. The molecule has 0 atom stereocenters. The molecule has 0 saturated heterocycles. The quantitative estimate of drug-likeness (QED) is 0.562. The molecule has 0 aliphatic heterocycles. The van der Waals surface area contributed by atoms with Gasteiger partial charge in [0.15, 0.2) is 0 Å². The van der Waals surface area contributed by atoms with Crippen LogP contribution in [0.3, 0.4) is 0 Å². The Labute approximate surface area is 68.1 Å². The summed E-state index contributed by atoms with van der Waals surface area (Å²) in [5, 5.41) is 0. The largest absolute Gasteiger partial charge is 0.303 e. The van der Waals surface area contributed by atoms with Crippen LogP contribution < -0.4 is 0 Å². The van der Waals surface area contributed by atoms with E-state index in [1.54, 1.807) is 0 Å². The molecular weight excluding hydrogens is 136 g/mol. The molecule has 0 saturated carbocycles. The van der Waals surface area contributed by atoms with Gasteiger partial charge in [-0.15, -0.1) is 0 Å². The van der Waals surface area contributed by atoms with Crippen molar-refractivity contribution in [3.8, 4) is 0 Å². The lowest BCUT2D eigenvalue weighted by Gasteiger charge is -1.78. The van der Waals surface area contributed by atoms with E-state index in [0.717, 1.165) is 6.29 Å². The van der Waals surface area contributed by atoms with Gasteiger partial charge in [0.1, 0.15) is 6.29 Å². The average molecular weight is 150 g/mol. The van der Waals surface area contributed by atoms with Crippen molar-refractivity contribution in [2.24, 2.45) is 5.92 Å². The molecule has 0 unspecified atom stereocenters. The summed E-state index contributed by atoms with van der Waals surface area (Å²) >= 11 is 0. The number of benzene rings is 1. The van der Waals surface area contributed by atoms with Crippen LogP contribution in [0.2, 0.25) is 0 Å². The molecule has 1 heteroatoms. The first-order chi connectivity index (χ1) is 5.27. The maximum absolute atomic E-state index is 9.50. The van der Waals surface area contributed by atoms with Gasteiger partial charge in [-0.05, 0) is 0 Å². The predicted molar refractivity (Wildman–Crippen MR) is 47.3 cm³/mol. The second kappa shape index (κ2) is 7.00. The molecule has 1 rings (SSSR count). The SMILES string of the molecule is CC(C)C=O.c1ccccc1. The highest BCUT2D eigenvalue weighted by Crippen LogP contribution is 1.80. The van der Waals surface area contributed by atoms with Crippen LogP contribution >= 0.6 is 0 Å². The monoisotopic (exact) mass is 150 g/mol. The predicted octanol–water partition coefficient (Wildman–Crippen LogP) is 2.53. The summed E-state index contributed by atoms with van der Waals surface area (Å²) in [6.45, 7) is 3.71. The Hall–Kier alpha value is -1.11. The average Bonchev–Trinajstić information content (AvgIpc) is 2.09. The summed E-state index contributed by atoms with van der Waals surface area (Å²) in [6.07, 6.45) is 0.917. The molecular formula is C10H14O. The maximum Gasteiger partial charge on any atom is 0.122 e. The number of carbonyl (C=O) groups excluding carboxylic acids is 1. The van der Waals surface area contributed by atoms with E-state index in [1.165, 1.54) is 0 Å². The highest BCUT2D eigenvalue weighted by Gasteiger charge is 1.79. The van der Waals surface area contributed by atoms with Crippen molar-refractivity contribution in [3.63, 3.8) is 0 Å². The second-order valence-corrected chi connectivity index (χ2v) is 2.53. The molecule has 0 aliphatic carbocycles. The summed E-state index contributed by atoms with van der Waals surface area (Å²) in [5.74, 6) is 0.204. The smallest absolute Gasteiger partial charge is 0.122 e. The first kappa shape index (κ1) is 9.89. The zero-order chi connectivity index (χ0) is 8.53. The van der Waals surface area contributed by atoms with Gasteiger partial charge < -0.3 is 4.79 Å². The molecule has 0 radical (unpaired) electrons. The first-order valence-electron chi connectivity index (χ1n) is 3.72. The molecule has 0 aromatic heterocycles. The van der Waals surface area contributed by atoms with Crippen LogP contribution in [0.25, 0.3) is 0 Å². The Balaban J connectivity index is 0.000000187. The van der Waals surface area contributed by atoms with E-state index < -0.39 is 0 Å². The molecule has 0 N–H and O–H groups in total. The van der Waals surface area contributed by atoms with Crippen molar-refractivity contribution in [1.82, 2.24) is 0 Å². The lowest BCUT2D eigenvalue weighted by Crippen LogP contribution is -1.82. The Morgan fingerprint density at radius 3 is 1.18 bits per heavy atom. The van der Waals surface area contributed by atoms with E-state index in [9.17, 15) is 4.79 Å². The lowest BCUT2D eigenvalue weighted by molar-refractivity contribution is -0.110. The van der Waals surface area contributed by atoms with E-state index in [1.807, 2.05) is 50.2 Å².